The number of carbonyl (C=O) groups is 1. The summed E-state index contributed by atoms with van der Waals surface area (Å²) in [4.78, 5) is 13.6. The first-order valence-electron chi connectivity index (χ1n) is 17.0. The molecule has 3 aliphatic heterocycles. The third-order valence-corrected chi connectivity index (χ3v) is 12.2. The molecule has 0 aromatic rings. The van der Waals surface area contributed by atoms with Gasteiger partial charge < -0.3 is 34.3 Å². The van der Waals surface area contributed by atoms with Crippen LogP contribution in [-0.2, 0) is 23.7 Å². The quantitative estimate of drug-likeness (QED) is 0.148. The third kappa shape index (κ3) is 4.15. The number of epoxide rings is 1. The zero-order valence-electron chi connectivity index (χ0n) is 26.2. The van der Waals surface area contributed by atoms with Crippen LogP contribution in [0.15, 0.2) is 12.2 Å². The van der Waals surface area contributed by atoms with Crippen molar-refractivity contribution in [3.8, 4) is 0 Å². The minimum Gasteiger partial charge on any atom is -0.393 e. The largest absolute Gasteiger partial charge is 0.393 e. The van der Waals surface area contributed by atoms with E-state index < -0.39 is 76.8 Å². The zero-order chi connectivity index (χ0) is 30.1. The molecular formula is C34H54O8. The van der Waals surface area contributed by atoms with Gasteiger partial charge in [-0.05, 0) is 37.7 Å². The zero-order valence-corrected chi connectivity index (χ0v) is 26.2. The second kappa shape index (κ2) is 10.9. The lowest BCUT2D eigenvalue weighted by atomic mass is 9.54. The summed E-state index contributed by atoms with van der Waals surface area (Å²) in [5.74, 6) is -3.42. The molecular weight excluding hydrogens is 536 g/mol. The smallest absolute Gasteiger partial charge is 0.284 e. The molecule has 3 aliphatic carbocycles. The molecule has 0 spiro atoms. The highest BCUT2D eigenvalue weighted by molar-refractivity contribution is 5.93. The predicted molar refractivity (Wildman–Crippen MR) is 156 cm³/mol. The van der Waals surface area contributed by atoms with Crippen molar-refractivity contribution in [2.75, 3.05) is 6.61 Å². The molecule has 8 heteroatoms. The lowest BCUT2D eigenvalue weighted by Crippen LogP contribution is -2.72. The molecule has 0 amide bonds. The molecule has 0 radical (unpaired) electrons. The van der Waals surface area contributed by atoms with Crippen LogP contribution in [0, 0.1) is 23.7 Å². The van der Waals surface area contributed by atoms with Crippen LogP contribution >= 0.6 is 0 Å². The standard InChI is InChI=1S/C34H54O8/c1-6-7-8-9-10-11-12-13-14-15-16-17-32-40-27-25-28-31(20-35,39-28)29(37)33(38)24(18-22(4)26(33)36)34(25,42-32)23(5)19-30(27,41-32)21(2)3/h22-25,27-29,35,37-38H,2,6-20H2,1,3-5H3/t22?,23-,24-,25-,27-,28+,29-,30-,31+,32-,33-,34+/m1/s1. The number of unbranched alkanes of at least 4 members (excludes halogenated alkanes) is 10. The Kier molecular flexibility index (Phi) is 8.07. The van der Waals surface area contributed by atoms with Crippen molar-refractivity contribution in [1.82, 2.24) is 0 Å². The molecule has 3 heterocycles. The normalized spacial score (nSPS) is 49.9. The van der Waals surface area contributed by atoms with Gasteiger partial charge in [0.2, 0.25) is 0 Å². The monoisotopic (exact) mass is 590 g/mol. The van der Waals surface area contributed by atoms with E-state index in [1.807, 2.05) is 6.92 Å². The van der Waals surface area contributed by atoms with E-state index in [4.69, 9.17) is 18.9 Å². The Balaban J connectivity index is 1.24. The molecule has 238 valence electrons. The van der Waals surface area contributed by atoms with Crippen molar-refractivity contribution in [2.45, 2.75) is 164 Å². The molecule has 1 unspecified atom stereocenters. The van der Waals surface area contributed by atoms with Crippen molar-refractivity contribution < 1.29 is 39.1 Å². The fourth-order valence-corrected chi connectivity index (χ4v) is 9.99. The summed E-state index contributed by atoms with van der Waals surface area (Å²) in [5.41, 5.74) is -4.51. The number of fused-ring (bicyclic) bond motifs is 3. The van der Waals surface area contributed by atoms with E-state index in [-0.39, 0.29) is 5.92 Å². The van der Waals surface area contributed by atoms with Crippen molar-refractivity contribution in [3.05, 3.63) is 12.2 Å². The van der Waals surface area contributed by atoms with Crippen LogP contribution in [0.5, 0.6) is 0 Å². The van der Waals surface area contributed by atoms with E-state index in [0.29, 0.717) is 19.3 Å². The topological polar surface area (TPSA) is 118 Å². The number of rotatable bonds is 14. The fourth-order valence-electron chi connectivity index (χ4n) is 9.99. The van der Waals surface area contributed by atoms with Gasteiger partial charge in [0.05, 0.1) is 12.2 Å². The third-order valence-electron chi connectivity index (χ3n) is 12.2. The van der Waals surface area contributed by atoms with E-state index in [2.05, 4.69) is 20.4 Å². The van der Waals surface area contributed by atoms with Gasteiger partial charge in [-0.25, -0.2) is 0 Å². The van der Waals surface area contributed by atoms with Gasteiger partial charge in [0, 0.05) is 24.2 Å². The maximum Gasteiger partial charge on any atom is 0.284 e. The maximum atomic E-state index is 13.6. The van der Waals surface area contributed by atoms with Gasteiger partial charge in [-0.1, -0.05) is 91.6 Å². The molecule has 6 fully saturated rings. The molecule has 3 bridgehead atoms. The number of aliphatic hydroxyl groups is 3. The number of aliphatic hydroxyl groups excluding tert-OH is 2. The Bertz CT molecular complexity index is 1060. The molecule has 3 saturated carbocycles. The lowest BCUT2D eigenvalue weighted by Gasteiger charge is -2.60. The number of ketones is 1. The molecule has 42 heavy (non-hydrogen) atoms. The van der Waals surface area contributed by atoms with E-state index >= 15 is 0 Å². The van der Waals surface area contributed by atoms with Crippen LogP contribution in [0.25, 0.3) is 0 Å². The summed E-state index contributed by atoms with van der Waals surface area (Å²) in [6, 6.07) is 0. The molecule has 0 aromatic carbocycles. The van der Waals surface area contributed by atoms with Crippen molar-refractivity contribution in [2.24, 2.45) is 23.7 Å². The van der Waals surface area contributed by atoms with E-state index in [1.54, 1.807) is 6.92 Å². The summed E-state index contributed by atoms with van der Waals surface area (Å²) in [6.45, 7) is 12.0. The Morgan fingerprint density at radius 1 is 0.952 bits per heavy atom. The van der Waals surface area contributed by atoms with Crippen LogP contribution in [0.4, 0.5) is 0 Å². The first-order valence-corrected chi connectivity index (χ1v) is 17.0. The Morgan fingerprint density at radius 3 is 2.17 bits per heavy atom. The van der Waals surface area contributed by atoms with E-state index in [0.717, 1.165) is 24.8 Å². The fraction of sp³-hybridized carbons (Fsp3) is 0.912. The Hall–Kier alpha value is -0.870. The summed E-state index contributed by atoms with van der Waals surface area (Å²) < 4.78 is 27.0. The molecule has 3 saturated heterocycles. The number of hydrogen-bond acceptors (Lipinski definition) is 8. The predicted octanol–water partition coefficient (Wildman–Crippen LogP) is 4.96. The average molecular weight is 591 g/mol. The molecule has 0 aromatic heterocycles. The van der Waals surface area contributed by atoms with Gasteiger partial charge in [-0.15, -0.1) is 0 Å². The van der Waals surface area contributed by atoms with Crippen LogP contribution in [0.2, 0.25) is 0 Å². The number of carbonyl (C=O) groups excluding carboxylic acids is 1. The van der Waals surface area contributed by atoms with Crippen LogP contribution in [-0.4, -0.2) is 74.4 Å². The van der Waals surface area contributed by atoms with Gasteiger partial charge in [0.1, 0.15) is 29.5 Å². The SMILES string of the molecule is C=C(C)[C@]12C[C@@H](C)[C@@]34O[C@](CCCCCCCCCCCCC)(O[C@@H]1[C@@H]3[C@@H]1O[C@]1(CO)[C@@H](O)[C@]1(O)C(=O)C(C)C[C@H]14)O2. The average Bonchev–Trinajstić information content (AvgIpc) is 3.60. The van der Waals surface area contributed by atoms with Crippen molar-refractivity contribution in [1.29, 1.82) is 0 Å². The van der Waals surface area contributed by atoms with Crippen molar-refractivity contribution in [3.63, 3.8) is 0 Å². The highest BCUT2D eigenvalue weighted by atomic mass is 16.9. The lowest BCUT2D eigenvalue weighted by molar-refractivity contribution is -0.433. The van der Waals surface area contributed by atoms with Crippen molar-refractivity contribution >= 4 is 5.78 Å². The van der Waals surface area contributed by atoms with Crippen LogP contribution < -0.4 is 0 Å². The van der Waals surface area contributed by atoms with Gasteiger partial charge in [0.15, 0.2) is 11.4 Å². The highest BCUT2D eigenvalue weighted by Crippen LogP contribution is 2.73. The summed E-state index contributed by atoms with van der Waals surface area (Å²) in [6.07, 6.45) is 12.4. The second-order valence-corrected chi connectivity index (χ2v) is 14.8. The molecule has 6 aliphatic rings. The highest BCUT2D eigenvalue weighted by Gasteiger charge is 2.88. The maximum absolute atomic E-state index is 13.6. The van der Waals surface area contributed by atoms with Gasteiger partial charge in [0.25, 0.3) is 5.97 Å². The Morgan fingerprint density at radius 2 is 1.57 bits per heavy atom. The minimum atomic E-state index is -2.09. The molecule has 8 nitrogen and oxygen atoms in total. The number of ether oxygens (including phenoxy) is 4. The van der Waals surface area contributed by atoms with Gasteiger partial charge >= 0.3 is 0 Å². The van der Waals surface area contributed by atoms with Gasteiger partial charge in [-0.2, -0.15) is 0 Å². The first kappa shape index (κ1) is 31.1. The van der Waals surface area contributed by atoms with Gasteiger partial charge in [-0.3, -0.25) is 4.79 Å². The summed E-state index contributed by atoms with van der Waals surface area (Å²) in [7, 11) is 0. The summed E-state index contributed by atoms with van der Waals surface area (Å²) >= 11 is 0. The minimum absolute atomic E-state index is 0.140. The molecule has 3 N–H and O–H groups in total. The summed E-state index contributed by atoms with van der Waals surface area (Å²) in [5, 5.41) is 34.4. The number of Topliss-reactive ketones (excluding diaryl/α,β-unsaturated/α-hetero) is 1. The van der Waals surface area contributed by atoms with Crippen LogP contribution in [0.1, 0.15) is 118 Å². The number of hydrogen-bond donors (Lipinski definition) is 3. The molecule has 12 atom stereocenters. The Labute approximate surface area is 251 Å². The van der Waals surface area contributed by atoms with E-state index in [9.17, 15) is 20.1 Å². The first-order chi connectivity index (χ1) is 20.0. The van der Waals surface area contributed by atoms with Crippen LogP contribution in [0.3, 0.4) is 0 Å². The second-order valence-electron chi connectivity index (χ2n) is 14.8. The molecule has 6 rings (SSSR count). The van der Waals surface area contributed by atoms with E-state index in [1.165, 1.54) is 51.4 Å².